The van der Waals surface area contributed by atoms with Gasteiger partial charge in [-0.25, -0.2) is 14.6 Å². The van der Waals surface area contributed by atoms with Gasteiger partial charge in [0, 0.05) is 48.0 Å². The lowest BCUT2D eigenvalue weighted by Crippen LogP contribution is -2.34. The van der Waals surface area contributed by atoms with E-state index in [-0.39, 0.29) is 5.91 Å². The molecule has 7 aromatic rings. The number of fused-ring (bicyclic) bond motifs is 1. The number of tetrazole rings is 1. The number of hydrogen-bond donors (Lipinski definition) is 3. The highest BCUT2D eigenvalue weighted by atomic mass is 32.2. The number of hydrogen-bond acceptors (Lipinski definition) is 11. The number of aromatic nitrogens is 6. The van der Waals surface area contributed by atoms with Crippen molar-refractivity contribution < 1.29 is 23.9 Å². The molecule has 0 saturated heterocycles. The lowest BCUT2D eigenvalue weighted by molar-refractivity contribution is 0.0578. The minimum Gasteiger partial charge on any atom is -0.443 e. The number of nitrogen functional groups attached to an aromatic ring is 1. The molecule has 66 heavy (non-hydrogen) atoms. The van der Waals surface area contributed by atoms with Gasteiger partial charge >= 0.3 is 12.2 Å². The van der Waals surface area contributed by atoms with Crippen LogP contribution in [0.3, 0.4) is 0 Å². The molecule has 0 radical (unpaired) electrons. The molecule has 0 fully saturated rings. The average molecular weight is 909 g/mol. The van der Waals surface area contributed by atoms with Gasteiger partial charge in [0.2, 0.25) is 5.82 Å². The lowest BCUT2D eigenvalue weighted by Gasteiger charge is -2.26. The number of ether oxygens (including phenoxy) is 2. The summed E-state index contributed by atoms with van der Waals surface area (Å²) in [6, 6.07) is 30.9. The summed E-state index contributed by atoms with van der Waals surface area (Å²) in [6.45, 7) is 15.4. The number of aromatic amines is 1. The first kappa shape index (κ1) is 46.8. The van der Waals surface area contributed by atoms with Crippen LogP contribution in [0, 0.1) is 6.92 Å². The Hall–Kier alpha value is -7.20. The summed E-state index contributed by atoms with van der Waals surface area (Å²) in [5, 5.41) is 17.8. The molecule has 16 heteroatoms. The second-order valence-corrected chi connectivity index (χ2v) is 19.2. The summed E-state index contributed by atoms with van der Waals surface area (Å²) in [4.78, 5) is 50.2. The van der Waals surface area contributed by atoms with Crippen molar-refractivity contribution in [3.05, 3.63) is 120 Å². The third kappa shape index (κ3) is 10.8. The Labute approximate surface area is 389 Å². The third-order valence-corrected chi connectivity index (χ3v) is 11.5. The Balaban J connectivity index is 1.18. The number of nitrogens with zero attached hydrogens (tertiary/aromatic N) is 7. The Morgan fingerprint density at radius 3 is 2.05 bits per heavy atom. The van der Waals surface area contributed by atoms with Crippen molar-refractivity contribution in [2.24, 2.45) is 0 Å². The Bertz CT molecular complexity index is 2900. The van der Waals surface area contributed by atoms with Gasteiger partial charge < -0.3 is 25.1 Å². The zero-order valence-electron chi connectivity index (χ0n) is 39.0. The largest absolute Gasteiger partial charge is 0.443 e. The number of imidazole rings is 1. The number of rotatable bonds is 12. The maximum Gasteiger partial charge on any atom is 0.414 e. The van der Waals surface area contributed by atoms with E-state index in [0.29, 0.717) is 40.7 Å². The summed E-state index contributed by atoms with van der Waals surface area (Å²) >= 11 is 1.40. The average Bonchev–Trinajstić information content (AvgIpc) is 3.93. The van der Waals surface area contributed by atoms with E-state index < -0.39 is 23.4 Å². The predicted octanol–water partition coefficient (Wildman–Crippen LogP) is 10.9. The van der Waals surface area contributed by atoms with Crippen LogP contribution in [0.1, 0.15) is 82.2 Å². The van der Waals surface area contributed by atoms with E-state index in [1.807, 2.05) is 61.5 Å². The van der Waals surface area contributed by atoms with Crippen LogP contribution in [0.2, 0.25) is 0 Å². The standard InChI is InChI=1S/C50H56N10O5S/c1-11-14-43-53-44-30(2)25-33(26-42(44)60(43)29-31-17-19-32(20-18-31)36-15-12-13-16-37(36)45-54-56-57-55-45)46(61)52-39-24-22-35(28-41(39)59(10)48(63)65-50(6,7)8)66-34-21-23-38(51)40(27-34)58(9)47(62)64-49(3,4)5/h12-13,15-28H,11,14,29,51H2,1-10H3,(H,52,61)(H,54,55,56,57). The molecule has 0 atom stereocenters. The molecule has 0 aliphatic heterocycles. The first-order valence-electron chi connectivity index (χ1n) is 21.7. The zero-order chi connectivity index (χ0) is 47.5. The quantitative estimate of drug-likeness (QED) is 0.0990. The van der Waals surface area contributed by atoms with Crippen LogP contribution in [0.15, 0.2) is 107 Å². The van der Waals surface area contributed by atoms with Crippen molar-refractivity contribution in [1.29, 1.82) is 0 Å². The summed E-state index contributed by atoms with van der Waals surface area (Å²) in [5.74, 6) is 1.10. The summed E-state index contributed by atoms with van der Waals surface area (Å²) in [7, 11) is 3.21. The maximum atomic E-state index is 14.4. The van der Waals surface area contributed by atoms with Gasteiger partial charge in [-0.15, -0.1) is 10.2 Å². The second kappa shape index (κ2) is 19.1. The van der Waals surface area contributed by atoms with Crippen LogP contribution < -0.4 is 20.9 Å². The van der Waals surface area contributed by atoms with E-state index in [4.69, 9.17) is 20.2 Å². The van der Waals surface area contributed by atoms with Gasteiger partial charge in [0.05, 0.1) is 33.8 Å². The molecule has 0 bridgehead atoms. The van der Waals surface area contributed by atoms with E-state index in [2.05, 4.69) is 61.7 Å². The van der Waals surface area contributed by atoms with E-state index in [1.54, 1.807) is 73.8 Å². The zero-order valence-corrected chi connectivity index (χ0v) is 39.8. The van der Waals surface area contributed by atoms with Gasteiger partial charge in [0.15, 0.2) is 0 Å². The van der Waals surface area contributed by atoms with Crippen LogP contribution >= 0.6 is 11.8 Å². The molecule has 7 rings (SSSR count). The molecule has 2 heterocycles. The molecule has 5 aromatic carbocycles. The smallest absolute Gasteiger partial charge is 0.414 e. The van der Waals surface area contributed by atoms with Crippen LogP contribution in [0.4, 0.5) is 32.3 Å². The normalized spacial score (nSPS) is 11.7. The number of amides is 3. The molecule has 0 aliphatic carbocycles. The van der Waals surface area contributed by atoms with Crippen molar-refractivity contribution in [1.82, 2.24) is 30.2 Å². The van der Waals surface area contributed by atoms with Crippen LogP contribution in [-0.2, 0) is 22.4 Å². The van der Waals surface area contributed by atoms with Crippen molar-refractivity contribution in [3.63, 3.8) is 0 Å². The molecule has 2 aromatic heterocycles. The Morgan fingerprint density at radius 1 is 0.803 bits per heavy atom. The lowest BCUT2D eigenvalue weighted by atomic mass is 9.98. The summed E-state index contributed by atoms with van der Waals surface area (Å²) < 4.78 is 13.5. The van der Waals surface area contributed by atoms with Crippen molar-refractivity contribution in [2.75, 3.05) is 34.9 Å². The van der Waals surface area contributed by atoms with Gasteiger partial charge in [0.25, 0.3) is 5.91 Å². The van der Waals surface area contributed by atoms with Gasteiger partial charge in [-0.3, -0.25) is 14.6 Å². The number of aryl methyl sites for hydroxylation is 2. The topological polar surface area (TPSA) is 186 Å². The first-order valence-corrected chi connectivity index (χ1v) is 22.5. The van der Waals surface area contributed by atoms with Crippen LogP contribution in [0.5, 0.6) is 0 Å². The number of nitrogens with one attached hydrogen (secondary N) is 2. The fraction of sp³-hybridized carbons (Fsp3) is 0.300. The SMILES string of the molecule is CCCc1nc2c(C)cc(C(=O)Nc3ccc(Sc4ccc(N)c(N(C)C(=O)OC(C)(C)C)c4)cc3N(C)C(=O)OC(C)(C)C)cc2n1Cc1ccc(-c2ccccc2-c2nn[nH]n2)cc1. The highest BCUT2D eigenvalue weighted by molar-refractivity contribution is 7.99. The number of carbonyl (C=O) groups excluding carboxylic acids is 3. The molecule has 342 valence electrons. The molecule has 4 N–H and O–H groups in total. The third-order valence-electron chi connectivity index (χ3n) is 10.5. The molecule has 0 saturated carbocycles. The van der Waals surface area contributed by atoms with E-state index in [0.717, 1.165) is 67.3 Å². The fourth-order valence-electron chi connectivity index (χ4n) is 7.36. The van der Waals surface area contributed by atoms with E-state index in [1.165, 1.54) is 21.6 Å². The monoisotopic (exact) mass is 908 g/mol. The number of anilines is 4. The maximum absolute atomic E-state index is 14.4. The minimum atomic E-state index is -0.766. The molecule has 0 unspecified atom stereocenters. The van der Waals surface area contributed by atoms with Crippen LogP contribution in [-0.4, -0.2) is 73.6 Å². The highest BCUT2D eigenvalue weighted by Gasteiger charge is 2.26. The van der Waals surface area contributed by atoms with Gasteiger partial charge in [0.1, 0.15) is 17.0 Å². The predicted molar refractivity (Wildman–Crippen MR) is 261 cm³/mol. The molecular weight excluding hydrogens is 853 g/mol. The number of H-pyrrole nitrogens is 1. The summed E-state index contributed by atoms with van der Waals surface area (Å²) in [5.41, 5.74) is 13.5. The highest BCUT2D eigenvalue weighted by Crippen LogP contribution is 2.38. The van der Waals surface area contributed by atoms with Gasteiger partial charge in [-0.05, 0) is 131 Å². The number of carbonyl (C=O) groups is 3. The molecule has 0 aliphatic rings. The molecular formula is C50H56N10O5S. The van der Waals surface area contributed by atoms with Crippen molar-refractivity contribution >= 4 is 63.6 Å². The van der Waals surface area contributed by atoms with Gasteiger partial charge in [-0.1, -0.05) is 67.2 Å². The molecule has 3 amide bonds. The number of nitrogens with two attached hydrogens (primary N) is 1. The Morgan fingerprint density at radius 2 is 1.42 bits per heavy atom. The van der Waals surface area contributed by atoms with Crippen molar-refractivity contribution in [2.45, 2.75) is 95.8 Å². The summed E-state index contributed by atoms with van der Waals surface area (Å²) in [6.07, 6.45) is 0.521. The minimum absolute atomic E-state index is 0.359. The fourth-order valence-corrected chi connectivity index (χ4v) is 8.25. The first-order chi connectivity index (χ1) is 31.3. The van der Waals surface area contributed by atoms with E-state index >= 15 is 0 Å². The van der Waals surface area contributed by atoms with E-state index in [9.17, 15) is 14.4 Å². The molecule has 0 spiro atoms. The van der Waals surface area contributed by atoms with Crippen molar-refractivity contribution in [3.8, 4) is 22.5 Å². The second-order valence-electron chi connectivity index (χ2n) is 18.0. The number of benzene rings is 5. The molecule has 15 nitrogen and oxygen atoms in total. The Kier molecular flexibility index (Phi) is 13.5. The van der Waals surface area contributed by atoms with Crippen LogP contribution in [0.25, 0.3) is 33.5 Å². The van der Waals surface area contributed by atoms with Gasteiger partial charge in [-0.2, -0.15) is 5.21 Å².